The van der Waals surface area contributed by atoms with Crippen LogP contribution in [0.3, 0.4) is 0 Å². The number of hydrogen-bond acceptors (Lipinski definition) is 3. The molecule has 1 aliphatic heterocycles. The Bertz CT molecular complexity index is 451. The molecule has 1 heterocycles. The number of nitrogens with one attached hydrogen (secondary N) is 1. The second-order valence-electron chi connectivity index (χ2n) is 5.30. The van der Waals surface area contributed by atoms with Gasteiger partial charge in [0.05, 0.1) is 0 Å². The van der Waals surface area contributed by atoms with Crippen LogP contribution in [0.25, 0.3) is 0 Å². The highest BCUT2D eigenvalue weighted by Crippen LogP contribution is 2.25. The zero-order valence-corrected chi connectivity index (χ0v) is 11.8. The summed E-state index contributed by atoms with van der Waals surface area (Å²) in [7, 11) is 1.77. The predicted octanol–water partition coefficient (Wildman–Crippen LogP) is 2.14. The number of piperidine rings is 1. The summed E-state index contributed by atoms with van der Waals surface area (Å²) in [4.78, 5) is 2.41. The van der Waals surface area contributed by atoms with Gasteiger partial charge < -0.3 is 15.4 Å². The fourth-order valence-electron chi connectivity index (χ4n) is 2.74. The van der Waals surface area contributed by atoms with E-state index in [1.807, 2.05) is 13.0 Å². The number of nitrogens with zero attached hydrogens (tertiary/aromatic N) is 1. The minimum absolute atomic E-state index is 0.142. The lowest BCUT2D eigenvalue weighted by Gasteiger charge is -2.33. The number of amidine groups is 1. The number of ether oxygens (including phenoxy) is 1. The molecule has 1 aromatic carbocycles. The van der Waals surface area contributed by atoms with E-state index in [0.717, 1.165) is 30.8 Å². The van der Waals surface area contributed by atoms with Crippen LogP contribution in [0, 0.1) is 18.3 Å². The Labute approximate surface area is 115 Å². The number of benzene rings is 1. The van der Waals surface area contributed by atoms with Crippen molar-refractivity contribution in [3.63, 3.8) is 0 Å². The van der Waals surface area contributed by atoms with Crippen molar-refractivity contribution in [2.24, 2.45) is 11.7 Å². The van der Waals surface area contributed by atoms with E-state index < -0.39 is 0 Å². The van der Waals surface area contributed by atoms with Gasteiger partial charge in [-0.2, -0.15) is 0 Å². The van der Waals surface area contributed by atoms with E-state index in [2.05, 4.69) is 17.0 Å². The van der Waals surface area contributed by atoms with E-state index in [9.17, 15) is 0 Å². The van der Waals surface area contributed by atoms with Gasteiger partial charge in [-0.05, 0) is 49.4 Å². The summed E-state index contributed by atoms with van der Waals surface area (Å²) in [5.41, 5.74) is 8.69. The number of rotatable bonds is 4. The minimum atomic E-state index is 0.142. The van der Waals surface area contributed by atoms with E-state index in [0.29, 0.717) is 5.92 Å². The molecule has 0 bridgehead atoms. The molecule has 1 aromatic rings. The zero-order chi connectivity index (χ0) is 13.8. The molecule has 1 fully saturated rings. The number of anilines is 1. The van der Waals surface area contributed by atoms with Crippen molar-refractivity contribution in [3.05, 3.63) is 29.3 Å². The van der Waals surface area contributed by atoms with E-state index >= 15 is 0 Å². The second-order valence-corrected chi connectivity index (χ2v) is 5.30. The van der Waals surface area contributed by atoms with Crippen LogP contribution in [0.1, 0.15) is 24.0 Å². The molecule has 4 heteroatoms. The summed E-state index contributed by atoms with van der Waals surface area (Å²) in [6.45, 7) is 5.04. The Hall–Kier alpha value is -1.55. The van der Waals surface area contributed by atoms with Crippen LogP contribution in [0.5, 0.6) is 0 Å². The topological polar surface area (TPSA) is 62.3 Å². The third-order valence-corrected chi connectivity index (χ3v) is 3.88. The summed E-state index contributed by atoms with van der Waals surface area (Å²) >= 11 is 0. The zero-order valence-electron chi connectivity index (χ0n) is 11.8. The molecule has 0 spiro atoms. The molecule has 1 aliphatic rings. The summed E-state index contributed by atoms with van der Waals surface area (Å²) < 4.78 is 5.23. The monoisotopic (exact) mass is 261 g/mol. The van der Waals surface area contributed by atoms with Crippen LogP contribution in [0.2, 0.25) is 0 Å². The van der Waals surface area contributed by atoms with E-state index in [1.54, 1.807) is 7.11 Å². The highest BCUT2D eigenvalue weighted by atomic mass is 16.5. The molecule has 2 rings (SSSR count). The lowest BCUT2D eigenvalue weighted by Crippen LogP contribution is -2.35. The quantitative estimate of drug-likeness (QED) is 0.645. The number of nitrogens with two attached hydrogens (primary N) is 1. The van der Waals surface area contributed by atoms with Crippen LogP contribution in [0.15, 0.2) is 18.2 Å². The van der Waals surface area contributed by atoms with Gasteiger partial charge in [-0.1, -0.05) is 0 Å². The summed E-state index contributed by atoms with van der Waals surface area (Å²) in [6.07, 6.45) is 2.36. The molecule has 0 atom stereocenters. The predicted molar refractivity (Wildman–Crippen MR) is 79.0 cm³/mol. The van der Waals surface area contributed by atoms with E-state index in [4.69, 9.17) is 15.9 Å². The van der Waals surface area contributed by atoms with Gasteiger partial charge in [-0.15, -0.1) is 0 Å². The normalized spacial score (nSPS) is 16.6. The van der Waals surface area contributed by atoms with Gasteiger partial charge in [0.15, 0.2) is 0 Å². The molecule has 0 radical (unpaired) electrons. The van der Waals surface area contributed by atoms with Gasteiger partial charge in [0, 0.05) is 38.1 Å². The molecule has 0 amide bonds. The first-order valence-corrected chi connectivity index (χ1v) is 6.80. The molecule has 104 valence electrons. The largest absolute Gasteiger partial charge is 0.384 e. The van der Waals surface area contributed by atoms with Gasteiger partial charge in [-0.25, -0.2) is 0 Å². The van der Waals surface area contributed by atoms with Crippen LogP contribution in [0.4, 0.5) is 5.69 Å². The fraction of sp³-hybridized carbons (Fsp3) is 0.533. The maximum absolute atomic E-state index is 7.51. The first kappa shape index (κ1) is 13.9. The van der Waals surface area contributed by atoms with E-state index in [-0.39, 0.29) is 5.84 Å². The molecule has 19 heavy (non-hydrogen) atoms. The molecular formula is C15H23N3O. The van der Waals surface area contributed by atoms with Crippen LogP contribution in [-0.2, 0) is 4.74 Å². The number of nitrogen functional groups attached to an aromatic ring is 1. The Balaban J connectivity index is 2.04. The molecule has 1 saturated heterocycles. The van der Waals surface area contributed by atoms with Crippen molar-refractivity contribution in [2.45, 2.75) is 19.8 Å². The lowest BCUT2D eigenvalue weighted by molar-refractivity contribution is 0.139. The van der Waals surface area contributed by atoms with Gasteiger partial charge >= 0.3 is 0 Å². The lowest BCUT2D eigenvalue weighted by atomic mass is 9.97. The number of hydrogen-bond donors (Lipinski definition) is 2. The van der Waals surface area contributed by atoms with Crippen LogP contribution >= 0.6 is 0 Å². The van der Waals surface area contributed by atoms with Crippen molar-refractivity contribution in [1.29, 1.82) is 5.41 Å². The SMILES string of the molecule is COCC1CCN(c2ccc(C(=N)N)c(C)c2)CC1. The standard InChI is InChI=1S/C15H23N3O/c1-11-9-13(3-4-14(11)15(16)17)18-7-5-12(6-8-18)10-19-2/h3-4,9,12H,5-8,10H2,1-2H3,(H3,16,17). The Morgan fingerprint density at radius 3 is 2.63 bits per heavy atom. The molecule has 0 saturated carbocycles. The first-order valence-electron chi connectivity index (χ1n) is 6.80. The van der Waals surface area contributed by atoms with Crippen molar-refractivity contribution in [3.8, 4) is 0 Å². The molecule has 0 unspecified atom stereocenters. The van der Waals surface area contributed by atoms with Crippen molar-refractivity contribution < 1.29 is 4.74 Å². The Kier molecular flexibility index (Phi) is 4.43. The Morgan fingerprint density at radius 1 is 1.42 bits per heavy atom. The third kappa shape index (κ3) is 3.26. The summed E-state index contributed by atoms with van der Waals surface area (Å²) in [5.74, 6) is 0.835. The molecular weight excluding hydrogens is 238 g/mol. The van der Waals surface area contributed by atoms with Gasteiger partial charge in [0.1, 0.15) is 5.84 Å². The summed E-state index contributed by atoms with van der Waals surface area (Å²) in [6, 6.07) is 6.15. The van der Waals surface area contributed by atoms with Gasteiger partial charge in [0.2, 0.25) is 0 Å². The van der Waals surface area contributed by atoms with Crippen molar-refractivity contribution >= 4 is 11.5 Å². The van der Waals surface area contributed by atoms with Crippen LogP contribution in [-0.4, -0.2) is 32.6 Å². The summed E-state index contributed by atoms with van der Waals surface area (Å²) in [5, 5.41) is 7.51. The van der Waals surface area contributed by atoms with Crippen molar-refractivity contribution in [1.82, 2.24) is 0 Å². The van der Waals surface area contributed by atoms with Gasteiger partial charge in [0.25, 0.3) is 0 Å². The smallest absolute Gasteiger partial charge is 0.123 e. The highest BCUT2D eigenvalue weighted by Gasteiger charge is 2.19. The maximum Gasteiger partial charge on any atom is 0.123 e. The Morgan fingerprint density at radius 2 is 2.11 bits per heavy atom. The van der Waals surface area contributed by atoms with Crippen LogP contribution < -0.4 is 10.6 Å². The molecule has 0 aromatic heterocycles. The first-order chi connectivity index (χ1) is 9.11. The third-order valence-electron chi connectivity index (χ3n) is 3.88. The fourth-order valence-corrected chi connectivity index (χ4v) is 2.74. The second kappa shape index (κ2) is 6.06. The molecule has 3 N–H and O–H groups in total. The average Bonchev–Trinajstić information content (AvgIpc) is 2.39. The van der Waals surface area contributed by atoms with Gasteiger partial charge in [-0.3, -0.25) is 5.41 Å². The molecule has 4 nitrogen and oxygen atoms in total. The van der Waals surface area contributed by atoms with E-state index in [1.165, 1.54) is 18.5 Å². The highest BCUT2D eigenvalue weighted by molar-refractivity contribution is 5.96. The molecule has 0 aliphatic carbocycles. The van der Waals surface area contributed by atoms with Crippen molar-refractivity contribution in [2.75, 3.05) is 31.7 Å². The average molecular weight is 261 g/mol. The number of aryl methyl sites for hydroxylation is 1. The minimum Gasteiger partial charge on any atom is -0.384 e. The number of methoxy groups -OCH3 is 1. The maximum atomic E-state index is 7.51.